The zero-order valence-corrected chi connectivity index (χ0v) is 15.7. The highest BCUT2D eigenvalue weighted by atomic mass is 35.5. The van der Waals surface area contributed by atoms with Gasteiger partial charge < -0.3 is 4.74 Å². The lowest BCUT2D eigenvalue weighted by Crippen LogP contribution is -2.20. The van der Waals surface area contributed by atoms with Crippen molar-refractivity contribution in [1.82, 2.24) is 9.78 Å². The lowest BCUT2D eigenvalue weighted by molar-refractivity contribution is -0.139. The van der Waals surface area contributed by atoms with Gasteiger partial charge in [-0.3, -0.25) is 19.7 Å². The van der Waals surface area contributed by atoms with E-state index < -0.39 is 5.97 Å². The Labute approximate surface area is 161 Å². The standard InChI is InChI=1S/C20H18ClN3O3/c1-13(22-16-11-7-6-10-15(16)21)19-17(12-18(25)27-2)23-24(20(19)26)14-8-4-3-5-9-14/h3-11,23H,12H2,1-2H3. The Morgan fingerprint density at radius 1 is 1.15 bits per heavy atom. The van der Waals surface area contributed by atoms with Gasteiger partial charge in [0.15, 0.2) is 0 Å². The molecule has 0 saturated heterocycles. The number of hydrogen-bond donors (Lipinski definition) is 1. The maximum absolute atomic E-state index is 13.0. The van der Waals surface area contributed by atoms with Gasteiger partial charge in [0.1, 0.15) is 0 Å². The van der Waals surface area contributed by atoms with Gasteiger partial charge in [0.05, 0.1) is 46.9 Å². The number of ether oxygens (including phenoxy) is 1. The number of H-pyrrole nitrogens is 1. The van der Waals surface area contributed by atoms with Gasteiger partial charge in [0.2, 0.25) is 0 Å². The molecule has 3 rings (SSSR count). The SMILES string of the molecule is COC(=O)Cc1[nH]n(-c2ccccc2)c(=O)c1C(C)=Nc1ccccc1Cl. The van der Waals surface area contributed by atoms with E-state index in [0.717, 1.165) is 0 Å². The zero-order chi connectivity index (χ0) is 19.4. The number of nitrogens with one attached hydrogen (secondary N) is 1. The first-order valence-electron chi connectivity index (χ1n) is 8.27. The van der Waals surface area contributed by atoms with Gasteiger partial charge in [-0.25, -0.2) is 4.68 Å². The maximum atomic E-state index is 13.0. The molecule has 0 saturated carbocycles. The van der Waals surface area contributed by atoms with E-state index in [4.69, 9.17) is 16.3 Å². The van der Waals surface area contributed by atoms with Crippen LogP contribution in [0.15, 0.2) is 64.4 Å². The molecule has 1 heterocycles. The van der Waals surface area contributed by atoms with E-state index in [1.807, 2.05) is 24.3 Å². The summed E-state index contributed by atoms with van der Waals surface area (Å²) in [4.78, 5) is 29.3. The fraction of sp³-hybridized carbons (Fsp3) is 0.150. The molecule has 0 atom stereocenters. The fourth-order valence-electron chi connectivity index (χ4n) is 2.74. The zero-order valence-electron chi connectivity index (χ0n) is 14.9. The molecule has 0 aliphatic heterocycles. The van der Waals surface area contributed by atoms with Crippen LogP contribution in [-0.4, -0.2) is 28.6 Å². The van der Waals surface area contributed by atoms with Gasteiger partial charge >= 0.3 is 5.97 Å². The third-order valence-corrected chi connectivity index (χ3v) is 4.35. The highest BCUT2D eigenvalue weighted by Crippen LogP contribution is 2.25. The van der Waals surface area contributed by atoms with E-state index in [1.54, 1.807) is 37.3 Å². The molecule has 27 heavy (non-hydrogen) atoms. The molecule has 1 N–H and O–H groups in total. The number of halogens is 1. The van der Waals surface area contributed by atoms with Crippen LogP contribution in [0.2, 0.25) is 5.02 Å². The van der Waals surface area contributed by atoms with Crippen LogP contribution in [0.1, 0.15) is 18.2 Å². The molecule has 2 aromatic carbocycles. The van der Waals surface area contributed by atoms with E-state index >= 15 is 0 Å². The van der Waals surface area contributed by atoms with Crippen molar-refractivity contribution in [2.75, 3.05) is 7.11 Å². The predicted molar refractivity (Wildman–Crippen MR) is 105 cm³/mol. The fourth-order valence-corrected chi connectivity index (χ4v) is 2.92. The van der Waals surface area contributed by atoms with Crippen LogP contribution in [0, 0.1) is 0 Å². The van der Waals surface area contributed by atoms with Crippen molar-refractivity contribution in [2.24, 2.45) is 4.99 Å². The number of methoxy groups -OCH3 is 1. The van der Waals surface area contributed by atoms with Crippen molar-refractivity contribution in [2.45, 2.75) is 13.3 Å². The van der Waals surface area contributed by atoms with E-state index in [0.29, 0.717) is 33.4 Å². The number of para-hydroxylation sites is 2. The minimum atomic E-state index is -0.455. The van der Waals surface area contributed by atoms with Crippen LogP contribution < -0.4 is 5.56 Å². The molecular formula is C20H18ClN3O3. The third-order valence-electron chi connectivity index (χ3n) is 4.03. The normalized spacial score (nSPS) is 11.4. The Balaban J connectivity index is 2.15. The first-order chi connectivity index (χ1) is 13.0. The number of hydrogen-bond acceptors (Lipinski definition) is 4. The molecule has 3 aromatic rings. The van der Waals surface area contributed by atoms with Crippen molar-refractivity contribution < 1.29 is 9.53 Å². The van der Waals surface area contributed by atoms with Crippen LogP contribution in [0.4, 0.5) is 5.69 Å². The summed E-state index contributed by atoms with van der Waals surface area (Å²) in [7, 11) is 1.30. The molecule has 6 nitrogen and oxygen atoms in total. The van der Waals surface area contributed by atoms with Crippen molar-refractivity contribution in [3.63, 3.8) is 0 Å². The highest BCUT2D eigenvalue weighted by Gasteiger charge is 2.20. The minimum Gasteiger partial charge on any atom is -0.469 e. The summed E-state index contributed by atoms with van der Waals surface area (Å²) in [6.07, 6.45) is -0.0731. The van der Waals surface area contributed by atoms with Crippen LogP contribution in [0.5, 0.6) is 0 Å². The maximum Gasteiger partial charge on any atom is 0.311 e. The predicted octanol–water partition coefficient (Wildman–Crippen LogP) is 3.68. The molecule has 0 unspecified atom stereocenters. The third kappa shape index (κ3) is 4.01. The number of benzene rings is 2. The lowest BCUT2D eigenvalue weighted by Gasteiger charge is -2.03. The molecule has 0 aliphatic rings. The lowest BCUT2D eigenvalue weighted by atomic mass is 10.1. The van der Waals surface area contributed by atoms with Gasteiger partial charge in [-0.05, 0) is 31.2 Å². The summed E-state index contributed by atoms with van der Waals surface area (Å²) in [6.45, 7) is 1.71. The average molecular weight is 384 g/mol. The molecular weight excluding hydrogens is 366 g/mol. The number of carbonyl (C=O) groups excluding carboxylic acids is 1. The Morgan fingerprint density at radius 2 is 1.81 bits per heavy atom. The molecule has 138 valence electrons. The quantitative estimate of drug-likeness (QED) is 0.539. The highest BCUT2D eigenvalue weighted by molar-refractivity contribution is 6.33. The van der Waals surface area contributed by atoms with E-state index in [-0.39, 0.29) is 12.0 Å². The Morgan fingerprint density at radius 3 is 2.48 bits per heavy atom. The molecule has 0 amide bonds. The van der Waals surface area contributed by atoms with Crippen LogP contribution in [0.3, 0.4) is 0 Å². The van der Waals surface area contributed by atoms with Crippen molar-refractivity contribution in [1.29, 1.82) is 0 Å². The van der Waals surface area contributed by atoms with E-state index in [9.17, 15) is 9.59 Å². The number of esters is 1. The van der Waals surface area contributed by atoms with Gasteiger partial charge in [0, 0.05) is 0 Å². The van der Waals surface area contributed by atoms with Gasteiger partial charge in [-0.15, -0.1) is 0 Å². The largest absolute Gasteiger partial charge is 0.469 e. The van der Waals surface area contributed by atoms with Crippen LogP contribution >= 0.6 is 11.6 Å². The second-order valence-corrected chi connectivity index (χ2v) is 6.25. The Kier molecular flexibility index (Phi) is 5.57. The van der Waals surface area contributed by atoms with Crippen molar-refractivity contribution in [3.05, 3.63) is 81.2 Å². The summed E-state index contributed by atoms with van der Waals surface area (Å²) in [5.41, 5.74) is 2.12. The number of nitrogens with zero attached hydrogens (tertiary/aromatic N) is 2. The van der Waals surface area contributed by atoms with E-state index in [1.165, 1.54) is 11.8 Å². The monoisotopic (exact) mass is 383 g/mol. The Bertz CT molecular complexity index is 1050. The number of carbonyl (C=O) groups is 1. The van der Waals surface area contributed by atoms with Gasteiger partial charge in [-0.1, -0.05) is 41.9 Å². The summed E-state index contributed by atoms with van der Waals surface area (Å²) in [6, 6.07) is 16.2. The summed E-state index contributed by atoms with van der Waals surface area (Å²) in [5, 5.41) is 3.48. The first-order valence-corrected chi connectivity index (χ1v) is 8.65. The summed E-state index contributed by atoms with van der Waals surface area (Å²) < 4.78 is 6.14. The molecule has 0 spiro atoms. The van der Waals surface area contributed by atoms with Gasteiger partial charge in [0.25, 0.3) is 5.56 Å². The van der Waals surface area contributed by atoms with Crippen LogP contribution in [-0.2, 0) is 16.0 Å². The first kappa shape index (κ1) is 18.7. The summed E-state index contributed by atoms with van der Waals surface area (Å²) >= 11 is 6.17. The van der Waals surface area contributed by atoms with E-state index in [2.05, 4.69) is 10.1 Å². The molecule has 7 heteroatoms. The van der Waals surface area contributed by atoms with Gasteiger partial charge in [-0.2, -0.15) is 0 Å². The second-order valence-electron chi connectivity index (χ2n) is 5.84. The molecule has 0 radical (unpaired) electrons. The molecule has 0 aliphatic carbocycles. The number of aromatic amines is 1. The molecule has 0 bridgehead atoms. The molecule has 1 aromatic heterocycles. The molecule has 0 fully saturated rings. The average Bonchev–Trinajstić information content (AvgIpc) is 3.00. The number of aromatic nitrogens is 2. The summed E-state index contributed by atoms with van der Waals surface area (Å²) in [5.74, 6) is -0.455. The van der Waals surface area contributed by atoms with Crippen molar-refractivity contribution >= 4 is 29.0 Å². The Hall–Kier alpha value is -3.12. The smallest absolute Gasteiger partial charge is 0.311 e. The number of rotatable bonds is 5. The number of aliphatic imine (C=N–C) groups is 1. The topological polar surface area (TPSA) is 76.5 Å². The van der Waals surface area contributed by atoms with Crippen LogP contribution in [0.25, 0.3) is 5.69 Å². The minimum absolute atomic E-state index is 0.0731. The van der Waals surface area contributed by atoms with Crippen molar-refractivity contribution in [3.8, 4) is 5.69 Å². The second kappa shape index (κ2) is 8.05.